The first-order chi connectivity index (χ1) is 7.15. The van der Waals surface area contributed by atoms with Crippen LogP contribution in [0.25, 0.3) is 0 Å². The Morgan fingerprint density at radius 1 is 1.47 bits per heavy atom. The molecule has 1 aliphatic heterocycles. The van der Waals surface area contributed by atoms with Crippen LogP contribution < -0.4 is 4.90 Å². The predicted molar refractivity (Wildman–Crippen MR) is 61.6 cm³/mol. The first-order valence-electron chi connectivity index (χ1n) is 5.10. The van der Waals surface area contributed by atoms with Crippen molar-refractivity contribution >= 4 is 18.0 Å². The van der Waals surface area contributed by atoms with Crippen LogP contribution in [0, 0.1) is 4.64 Å². The summed E-state index contributed by atoms with van der Waals surface area (Å²) in [5.74, 6) is 1.03. The molecule has 0 unspecified atom stereocenters. The molecule has 1 fully saturated rings. The molecule has 1 aromatic heterocycles. The Bertz CT molecular complexity index is 382. The molecule has 4 nitrogen and oxygen atoms in total. The summed E-state index contributed by atoms with van der Waals surface area (Å²) >= 11 is 5.04. The second-order valence-electron chi connectivity index (χ2n) is 3.93. The van der Waals surface area contributed by atoms with Crippen molar-refractivity contribution in [3.05, 3.63) is 17.0 Å². The second-order valence-corrected chi connectivity index (χ2v) is 4.35. The maximum absolute atomic E-state index is 5.67. The molecule has 2 rings (SSSR count). The highest BCUT2D eigenvalue weighted by Gasteiger charge is 2.22. The molecular weight excluding hydrogens is 210 g/mol. The summed E-state index contributed by atoms with van der Waals surface area (Å²) < 4.78 is 6.29. The summed E-state index contributed by atoms with van der Waals surface area (Å²) in [5.41, 5.74) is 0. The molecule has 5 heteroatoms. The van der Waals surface area contributed by atoms with Gasteiger partial charge in [0, 0.05) is 19.2 Å². The van der Waals surface area contributed by atoms with Gasteiger partial charge in [-0.3, -0.25) is 0 Å². The summed E-state index contributed by atoms with van der Waals surface area (Å²) in [7, 11) is 0. The Kier molecular flexibility index (Phi) is 3.02. The molecular formula is C10H15N3OS. The van der Waals surface area contributed by atoms with Gasteiger partial charge in [0.1, 0.15) is 10.5 Å². The Morgan fingerprint density at radius 2 is 2.13 bits per heavy atom. The Hall–Kier alpha value is -0.940. The van der Waals surface area contributed by atoms with Crippen molar-refractivity contribution < 1.29 is 4.74 Å². The number of aromatic amines is 1. The maximum atomic E-state index is 5.67. The minimum atomic E-state index is 0.254. The summed E-state index contributed by atoms with van der Waals surface area (Å²) in [5, 5.41) is 0. The fourth-order valence-electron chi connectivity index (χ4n) is 1.92. The van der Waals surface area contributed by atoms with E-state index in [2.05, 4.69) is 28.7 Å². The Morgan fingerprint density at radius 3 is 2.73 bits per heavy atom. The molecule has 2 atom stereocenters. The summed E-state index contributed by atoms with van der Waals surface area (Å²) in [6, 6.07) is 1.89. The fourth-order valence-corrected chi connectivity index (χ4v) is 2.08. The van der Waals surface area contributed by atoms with Crippen LogP contribution in [0.2, 0.25) is 0 Å². The highest BCUT2D eigenvalue weighted by molar-refractivity contribution is 7.71. The average molecular weight is 225 g/mol. The number of rotatable bonds is 1. The first-order valence-corrected chi connectivity index (χ1v) is 5.51. The first kappa shape index (κ1) is 10.6. The van der Waals surface area contributed by atoms with E-state index in [-0.39, 0.29) is 12.2 Å². The van der Waals surface area contributed by atoms with Crippen LogP contribution in [0.15, 0.2) is 12.4 Å². The quantitative estimate of drug-likeness (QED) is 0.739. The van der Waals surface area contributed by atoms with Crippen LogP contribution in [0.1, 0.15) is 13.8 Å². The van der Waals surface area contributed by atoms with Gasteiger partial charge in [0.05, 0.1) is 18.5 Å². The smallest absolute Gasteiger partial charge is 0.131 e. The van der Waals surface area contributed by atoms with Crippen LogP contribution in [0.4, 0.5) is 5.82 Å². The van der Waals surface area contributed by atoms with E-state index >= 15 is 0 Å². The van der Waals surface area contributed by atoms with Gasteiger partial charge in [-0.1, -0.05) is 12.2 Å². The second kappa shape index (κ2) is 4.28. The van der Waals surface area contributed by atoms with Gasteiger partial charge >= 0.3 is 0 Å². The van der Waals surface area contributed by atoms with Crippen molar-refractivity contribution in [1.29, 1.82) is 0 Å². The predicted octanol–water partition coefficient (Wildman–Crippen LogP) is 1.75. The van der Waals surface area contributed by atoms with E-state index in [9.17, 15) is 0 Å². The van der Waals surface area contributed by atoms with E-state index in [0.717, 1.165) is 18.9 Å². The molecule has 82 valence electrons. The topological polar surface area (TPSA) is 41.2 Å². The van der Waals surface area contributed by atoms with Crippen molar-refractivity contribution in [2.24, 2.45) is 0 Å². The van der Waals surface area contributed by atoms with E-state index in [0.29, 0.717) is 4.64 Å². The number of aromatic nitrogens is 2. The van der Waals surface area contributed by atoms with Crippen LogP contribution in [0.3, 0.4) is 0 Å². The van der Waals surface area contributed by atoms with Crippen molar-refractivity contribution in [1.82, 2.24) is 9.97 Å². The molecule has 1 aliphatic rings. The van der Waals surface area contributed by atoms with E-state index in [1.807, 2.05) is 6.07 Å². The van der Waals surface area contributed by atoms with Crippen LogP contribution in [-0.2, 0) is 4.74 Å². The summed E-state index contributed by atoms with van der Waals surface area (Å²) in [4.78, 5) is 9.33. The standard InChI is InChI=1S/C10H15N3OS/c1-7-4-13(5-8(2)14-7)9-3-10(15)12-6-11-9/h3,6-8H,4-5H2,1-2H3,(H,11,12,15)/t7-,8-/m1/s1. The number of morpholine rings is 1. The van der Waals surface area contributed by atoms with Gasteiger partial charge in [0.15, 0.2) is 0 Å². The van der Waals surface area contributed by atoms with Crippen molar-refractivity contribution in [2.45, 2.75) is 26.1 Å². The third-order valence-corrected chi connectivity index (χ3v) is 2.65. The number of hydrogen-bond acceptors (Lipinski definition) is 4. The zero-order chi connectivity index (χ0) is 10.8. The number of H-pyrrole nitrogens is 1. The summed E-state index contributed by atoms with van der Waals surface area (Å²) in [6.07, 6.45) is 2.15. The molecule has 0 spiro atoms. The SMILES string of the molecule is C[C@@H]1CN(c2cc(=S)nc[nH]2)C[C@@H](C)O1. The zero-order valence-corrected chi connectivity index (χ0v) is 9.75. The minimum Gasteiger partial charge on any atom is -0.372 e. The van der Waals surface area contributed by atoms with Crippen molar-refractivity contribution in [3.63, 3.8) is 0 Å². The zero-order valence-electron chi connectivity index (χ0n) is 8.93. The largest absolute Gasteiger partial charge is 0.372 e. The van der Waals surface area contributed by atoms with Gasteiger partial charge in [-0.25, -0.2) is 4.98 Å². The number of ether oxygens (including phenoxy) is 1. The van der Waals surface area contributed by atoms with E-state index in [4.69, 9.17) is 17.0 Å². The van der Waals surface area contributed by atoms with Gasteiger partial charge < -0.3 is 14.6 Å². The molecule has 1 N–H and O–H groups in total. The highest BCUT2D eigenvalue weighted by Crippen LogP contribution is 2.17. The molecule has 0 bridgehead atoms. The highest BCUT2D eigenvalue weighted by atomic mass is 32.1. The molecule has 0 radical (unpaired) electrons. The van der Waals surface area contributed by atoms with Gasteiger partial charge in [-0.15, -0.1) is 0 Å². The lowest BCUT2D eigenvalue weighted by molar-refractivity contribution is -0.00546. The number of nitrogens with one attached hydrogen (secondary N) is 1. The van der Waals surface area contributed by atoms with E-state index in [1.165, 1.54) is 0 Å². The third kappa shape index (κ3) is 2.54. The van der Waals surface area contributed by atoms with Crippen LogP contribution in [0.5, 0.6) is 0 Å². The minimum absolute atomic E-state index is 0.254. The molecule has 0 saturated carbocycles. The molecule has 0 aliphatic carbocycles. The molecule has 0 aromatic carbocycles. The maximum Gasteiger partial charge on any atom is 0.131 e. The van der Waals surface area contributed by atoms with Crippen LogP contribution >= 0.6 is 12.2 Å². The van der Waals surface area contributed by atoms with E-state index < -0.39 is 0 Å². The third-order valence-electron chi connectivity index (χ3n) is 2.42. The van der Waals surface area contributed by atoms with E-state index in [1.54, 1.807) is 6.33 Å². The van der Waals surface area contributed by atoms with Crippen molar-refractivity contribution in [3.8, 4) is 0 Å². The Balaban J connectivity index is 2.19. The number of anilines is 1. The fraction of sp³-hybridized carbons (Fsp3) is 0.600. The van der Waals surface area contributed by atoms with Gasteiger partial charge in [0.25, 0.3) is 0 Å². The number of hydrogen-bond donors (Lipinski definition) is 1. The van der Waals surface area contributed by atoms with Crippen LogP contribution in [-0.4, -0.2) is 35.3 Å². The molecule has 15 heavy (non-hydrogen) atoms. The monoisotopic (exact) mass is 225 g/mol. The van der Waals surface area contributed by atoms with Crippen molar-refractivity contribution in [2.75, 3.05) is 18.0 Å². The lowest BCUT2D eigenvalue weighted by Gasteiger charge is -2.36. The Labute approximate surface area is 94.3 Å². The lowest BCUT2D eigenvalue weighted by atomic mass is 10.2. The number of nitrogens with zero attached hydrogens (tertiary/aromatic N) is 2. The average Bonchev–Trinajstić information content (AvgIpc) is 2.16. The lowest BCUT2D eigenvalue weighted by Crippen LogP contribution is -2.45. The molecule has 1 aromatic rings. The molecule has 2 heterocycles. The van der Waals surface area contributed by atoms with Gasteiger partial charge in [-0.05, 0) is 13.8 Å². The normalized spacial score (nSPS) is 26.7. The van der Waals surface area contributed by atoms with Gasteiger partial charge in [0.2, 0.25) is 0 Å². The molecule has 0 amide bonds. The molecule has 1 saturated heterocycles. The van der Waals surface area contributed by atoms with Gasteiger partial charge in [-0.2, -0.15) is 0 Å². The summed E-state index contributed by atoms with van der Waals surface area (Å²) in [6.45, 7) is 5.94.